The lowest BCUT2D eigenvalue weighted by Crippen LogP contribution is -2.23. The van der Waals surface area contributed by atoms with Gasteiger partial charge in [0.05, 0.1) is 0 Å². The summed E-state index contributed by atoms with van der Waals surface area (Å²) in [4.78, 5) is 4.57. The van der Waals surface area contributed by atoms with Gasteiger partial charge in [0.15, 0.2) is 0 Å². The van der Waals surface area contributed by atoms with E-state index in [-0.39, 0.29) is 0 Å². The van der Waals surface area contributed by atoms with E-state index in [0.717, 1.165) is 29.9 Å². The monoisotopic (exact) mass is 214 g/mol. The van der Waals surface area contributed by atoms with Gasteiger partial charge in [0.25, 0.3) is 0 Å². The van der Waals surface area contributed by atoms with Crippen LogP contribution in [0.15, 0.2) is 41.0 Å². The van der Waals surface area contributed by atoms with Crippen LogP contribution in [0.3, 0.4) is 0 Å². The predicted octanol–water partition coefficient (Wildman–Crippen LogP) is 2.86. The number of benzene rings is 1. The highest BCUT2D eigenvalue weighted by Crippen LogP contribution is 2.27. The minimum absolute atomic E-state index is 0.402. The van der Waals surface area contributed by atoms with Crippen LogP contribution >= 0.6 is 0 Å². The summed E-state index contributed by atoms with van der Waals surface area (Å²) in [7, 11) is 0. The molecule has 1 aliphatic rings. The molecule has 1 aromatic carbocycles. The average Bonchev–Trinajstić information content (AvgIpc) is 2.31. The van der Waals surface area contributed by atoms with Gasteiger partial charge in [0, 0.05) is 29.4 Å². The van der Waals surface area contributed by atoms with Crippen LogP contribution in [0, 0.1) is 5.92 Å². The molecule has 16 heavy (non-hydrogen) atoms. The smallest absolute Gasteiger partial charge is 0.0475 e. The lowest BCUT2D eigenvalue weighted by molar-refractivity contribution is 0.595. The second-order valence-corrected chi connectivity index (χ2v) is 4.23. The van der Waals surface area contributed by atoms with Crippen molar-refractivity contribution < 1.29 is 0 Å². The lowest BCUT2D eigenvalue weighted by atomic mass is 9.89. The Hall–Kier alpha value is -1.57. The van der Waals surface area contributed by atoms with Gasteiger partial charge in [-0.2, -0.15) is 0 Å². The molecule has 1 unspecified atom stereocenters. The molecule has 0 spiro atoms. The molecule has 1 heterocycles. The topological polar surface area (TPSA) is 38.4 Å². The van der Waals surface area contributed by atoms with Gasteiger partial charge in [0.2, 0.25) is 0 Å². The maximum Gasteiger partial charge on any atom is 0.0475 e. The van der Waals surface area contributed by atoms with Crippen LogP contribution in [0.4, 0.5) is 0 Å². The first-order chi connectivity index (χ1) is 7.74. The summed E-state index contributed by atoms with van der Waals surface area (Å²) >= 11 is 0. The van der Waals surface area contributed by atoms with Gasteiger partial charge in [-0.25, -0.2) is 0 Å². The summed E-state index contributed by atoms with van der Waals surface area (Å²) in [6.07, 6.45) is 1.05. The lowest BCUT2D eigenvalue weighted by Gasteiger charge is -2.23. The molecule has 0 aromatic heterocycles. The van der Waals surface area contributed by atoms with Crippen molar-refractivity contribution in [1.29, 1.82) is 0 Å². The van der Waals surface area contributed by atoms with Crippen molar-refractivity contribution in [3.05, 3.63) is 41.6 Å². The third kappa shape index (κ3) is 1.87. The van der Waals surface area contributed by atoms with Crippen LogP contribution in [-0.4, -0.2) is 12.3 Å². The zero-order valence-corrected chi connectivity index (χ0v) is 9.90. The number of dihydropyridines is 1. The van der Waals surface area contributed by atoms with Gasteiger partial charge in [-0.05, 0) is 18.9 Å². The molecule has 1 atom stereocenters. The molecular weight excluding hydrogens is 196 g/mol. The van der Waals surface area contributed by atoms with Crippen LogP contribution < -0.4 is 5.73 Å². The van der Waals surface area contributed by atoms with Crippen molar-refractivity contribution in [2.45, 2.75) is 20.3 Å². The molecule has 2 heteroatoms. The molecule has 0 saturated carbocycles. The Morgan fingerprint density at radius 3 is 2.62 bits per heavy atom. The Morgan fingerprint density at radius 1 is 1.31 bits per heavy atom. The van der Waals surface area contributed by atoms with Crippen molar-refractivity contribution in [2.75, 3.05) is 6.54 Å². The first kappa shape index (κ1) is 10.9. The first-order valence-electron chi connectivity index (χ1n) is 5.80. The second-order valence-electron chi connectivity index (χ2n) is 4.23. The third-order valence-corrected chi connectivity index (χ3v) is 3.19. The number of nitrogens with two attached hydrogens (primary N) is 1. The molecule has 84 valence electrons. The summed E-state index contributed by atoms with van der Waals surface area (Å²) in [6, 6.07) is 10.3. The summed E-state index contributed by atoms with van der Waals surface area (Å²) in [5.41, 5.74) is 10.6. The minimum atomic E-state index is 0.402. The molecule has 0 bridgehead atoms. The number of hydrogen-bond acceptors (Lipinski definition) is 2. The van der Waals surface area contributed by atoms with Gasteiger partial charge in [-0.15, -0.1) is 0 Å². The number of aliphatic imine (C=N–C) groups is 1. The predicted molar refractivity (Wildman–Crippen MR) is 69.3 cm³/mol. The summed E-state index contributed by atoms with van der Waals surface area (Å²) in [6.45, 7) is 5.04. The van der Waals surface area contributed by atoms with Crippen LogP contribution in [0.25, 0.3) is 5.57 Å². The average molecular weight is 214 g/mol. The van der Waals surface area contributed by atoms with E-state index in [0.29, 0.717) is 5.92 Å². The highest BCUT2D eigenvalue weighted by molar-refractivity contribution is 6.24. The normalized spacial score (nSPS) is 20.9. The van der Waals surface area contributed by atoms with Crippen LogP contribution in [-0.2, 0) is 0 Å². The number of allylic oxidation sites excluding steroid dienone is 1. The first-order valence-corrected chi connectivity index (χ1v) is 5.80. The standard InChI is InChI=1S/C14H18N2/c1-3-11-9-16-10(2)13(14(11)15)12-7-5-4-6-8-12/h4-8,11H,3,9,15H2,1-2H3. The SMILES string of the molecule is CCC1CN=C(C)C(c2ccccc2)=C1N. The van der Waals surface area contributed by atoms with Gasteiger partial charge in [0.1, 0.15) is 0 Å². The van der Waals surface area contributed by atoms with Crippen molar-refractivity contribution in [2.24, 2.45) is 16.6 Å². The van der Waals surface area contributed by atoms with E-state index in [1.54, 1.807) is 0 Å². The van der Waals surface area contributed by atoms with Crippen LogP contribution in [0.5, 0.6) is 0 Å². The molecule has 0 radical (unpaired) electrons. The van der Waals surface area contributed by atoms with E-state index in [4.69, 9.17) is 5.73 Å². The van der Waals surface area contributed by atoms with Crippen LogP contribution in [0.2, 0.25) is 0 Å². The third-order valence-electron chi connectivity index (χ3n) is 3.19. The minimum Gasteiger partial charge on any atom is -0.401 e. The van der Waals surface area contributed by atoms with Crippen molar-refractivity contribution in [3.63, 3.8) is 0 Å². The molecular formula is C14H18N2. The Morgan fingerprint density at radius 2 is 2.00 bits per heavy atom. The largest absolute Gasteiger partial charge is 0.401 e. The van der Waals surface area contributed by atoms with Gasteiger partial charge >= 0.3 is 0 Å². The maximum atomic E-state index is 6.25. The van der Waals surface area contributed by atoms with E-state index in [2.05, 4.69) is 24.0 Å². The molecule has 1 aliphatic heterocycles. The van der Waals surface area contributed by atoms with E-state index in [9.17, 15) is 0 Å². The van der Waals surface area contributed by atoms with Crippen molar-refractivity contribution >= 4 is 11.3 Å². The Labute approximate surface area is 96.9 Å². The van der Waals surface area contributed by atoms with Gasteiger partial charge in [-0.1, -0.05) is 37.3 Å². The molecule has 0 fully saturated rings. The molecule has 1 aromatic rings. The Kier molecular flexibility index (Phi) is 3.09. The number of nitrogens with zero attached hydrogens (tertiary/aromatic N) is 1. The Balaban J connectivity index is 2.48. The molecule has 2 rings (SSSR count). The molecule has 0 amide bonds. The fraction of sp³-hybridized carbons (Fsp3) is 0.357. The zero-order valence-electron chi connectivity index (χ0n) is 9.90. The maximum absolute atomic E-state index is 6.25. The van der Waals surface area contributed by atoms with Crippen LogP contribution in [0.1, 0.15) is 25.8 Å². The van der Waals surface area contributed by atoms with E-state index >= 15 is 0 Å². The highest BCUT2D eigenvalue weighted by atomic mass is 14.8. The van der Waals surface area contributed by atoms with Gasteiger partial charge in [-0.3, -0.25) is 4.99 Å². The second kappa shape index (κ2) is 4.52. The molecule has 0 saturated heterocycles. The van der Waals surface area contributed by atoms with Crippen molar-refractivity contribution in [1.82, 2.24) is 0 Å². The summed E-state index contributed by atoms with van der Waals surface area (Å²) in [5.74, 6) is 0.402. The van der Waals surface area contributed by atoms with E-state index < -0.39 is 0 Å². The summed E-state index contributed by atoms with van der Waals surface area (Å²) < 4.78 is 0. The molecule has 2 nitrogen and oxygen atoms in total. The quantitative estimate of drug-likeness (QED) is 0.807. The fourth-order valence-electron chi connectivity index (χ4n) is 2.17. The number of rotatable bonds is 2. The fourth-order valence-corrected chi connectivity index (χ4v) is 2.17. The summed E-state index contributed by atoms with van der Waals surface area (Å²) in [5, 5.41) is 0. The van der Waals surface area contributed by atoms with E-state index in [1.165, 1.54) is 5.56 Å². The molecule has 0 aliphatic carbocycles. The zero-order chi connectivity index (χ0) is 11.5. The Bertz CT molecular complexity index is 429. The molecule has 2 N–H and O–H groups in total. The number of hydrogen-bond donors (Lipinski definition) is 1. The van der Waals surface area contributed by atoms with Gasteiger partial charge < -0.3 is 5.73 Å². The highest BCUT2D eigenvalue weighted by Gasteiger charge is 2.21. The van der Waals surface area contributed by atoms with Crippen molar-refractivity contribution in [3.8, 4) is 0 Å². The van der Waals surface area contributed by atoms with E-state index in [1.807, 2.05) is 25.1 Å².